The molecule has 1 amide bonds. The van der Waals surface area contributed by atoms with Crippen molar-refractivity contribution in [3.63, 3.8) is 0 Å². The van der Waals surface area contributed by atoms with E-state index in [9.17, 15) is 10.1 Å². The second kappa shape index (κ2) is 8.52. The Morgan fingerprint density at radius 3 is 2.90 bits per heavy atom. The minimum Gasteiger partial charge on any atom is -0.444 e. The first-order chi connectivity index (χ1) is 13.8. The maximum absolute atomic E-state index is 12.4. The summed E-state index contributed by atoms with van der Waals surface area (Å²) in [5.74, 6) is 1.39. The number of amides is 1. The topological polar surface area (TPSA) is 103 Å². The number of carbonyl (C=O) groups is 1. The number of anilines is 2. The van der Waals surface area contributed by atoms with Gasteiger partial charge in [0.15, 0.2) is 0 Å². The smallest absolute Gasteiger partial charge is 0.410 e. The van der Waals surface area contributed by atoms with Gasteiger partial charge in [0, 0.05) is 42.6 Å². The lowest BCUT2D eigenvalue weighted by atomic mass is 10.1. The molecule has 8 heteroatoms. The van der Waals surface area contributed by atoms with Crippen molar-refractivity contribution in [2.75, 3.05) is 30.3 Å². The first-order valence-electron chi connectivity index (χ1n) is 9.98. The van der Waals surface area contributed by atoms with Gasteiger partial charge in [-0.2, -0.15) is 5.26 Å². The number of nitrogens with one attached hydrogen (secondary N) is 2. The quantitative estimate of drug-likeness (QED) is 0.811. The van der Waals surface area contributed by atoms with Gasteiger partial charge < -0.3 is 20.3 Å². The van der Waals surface area contributed by atoms with E-state index in [1.165, 1.54) is 0 Å². The molecule has 0 radical (unpaired) electrons. The number of rotatable bonds is 4. The summed E-state index contributed by atoms with van der Waals surface area (Å²) in [6.45, 7) is 9.57. The molecule has 2 aromatic heterocycles. The Labute approximate surface area is 171 Å². The van der Waals surface area contributed by atoms with Gasteiger partial charge in [-0.3, -0.25) is 0 Å². The highest BCUT2D eigenvalue weighted by molar-refractivity contribution is 5.93. The predicted octanol–water partition coefficient (Wildman–Crippen LogP) is 3.74. The first-order valence-corrected chi connectivity index (χ1v) is 9.98. The highest BCUT2D eigenvalue weighted by Crippen LogP contribution is 2.26. The number of ether oxygens (including phenoxy) is 1. The van der Waals surface area contributed by atoms with E-state index < -0.39 is 5.60 Å². The first kappa shape index (κ1) is 20.6. The highest BCUT2D eigenvalue weighted by Gasteiger charge is 2.27. The Bertz CT molecular complexity index is 931. The molecule has 2 aromatic rings. The van der Waals surface area contributed by atoms with Crippen LogP contribution in [0.15, 0.2) is 18.3 Å². The third kappa shape index (κ3) is 5.25. The number of hydrogen-bond acceptors (Lipinski definition) is 7. The van der Waals surface area contributed by atoms with E-state index in [2.05, 4.69) is 26.7 Å². The van der Waals surface area contributed by atoms with Gasteiger partial charge in [0.1, 0.15) is 29.0 Å². The van der Waals surface area contributed by atoms with Crippen LogP contribution in [0.25, 0.3) is 10.8 Å². The van der Waals surface area contributed by atoms with Gasteiger partial charge >= 0.3 is 6.09 Å². The van der Waals surface area contributed by atoms with E-state index in [1.807, 2.05) is 33.8 Å². The molecule has 0 aromatic carbocycles. The molecule has 1 aliphatic heterocycles. The summed E-state index contributed by atoms with van der Waals surface area (Å²) in [4.78, 5) is 23.0. The van der Waals surface area contributed by atoms with E-state index in [1.54, 1.807) is 17.2 Å². The SMILES string of the molecule is CCNc1nc(C#N)cc2cnc(NC3CCCN(C(=O)OC(C)(C)C)C3)cc12. The number of fused-ring (bicyclic) bond motifs is 1. The van der Waals surface area contributed by atoms with Crippen molar-refractivity contribution >= 4 is 28.5 Å². The molecule has 1 aliphatic rings. The van der Waals surface area contributed by atoms with Crippen LogP contribution in [0.5, 0.6) is 0 Å². The summed E-state index contributed by atoms with van der Waals surface area (Å²) >= 11 is 0. The molecule has 1 saturated heterocycles. The Kier molecular flexibility index (Phi) is 6.06. The number of hydrogen-bond donors (Lipinski definition) is 2. The van der Waals surface area contributed by atoms with Crippen molar-refractivity contribution < 1.29 is 9.53 Å². The predicted molar refractivity (Wildman–Crippen MR) is 113 cm³/mol. The number of carbonyl (C=O) groups excluding carboxylic acids is 1. The van der Waals surface area contributed by atoms with Crippen molar-refractivity contribution in [1.82, 2.24) is 14.9 Å². The zero-order valence-corrected chi connectivity index (χ0v) is 17.5. The summed E-state index contributed by atoms with van der Waals surface area (Å²) < 4.78 is 5.50. The van der Waals surface area contributed by atoms with Crippen molar-refractivity contribution in [3.8, 4) is 6.07 Å². The number of pyridine rings is 2. The summed E-state index contributed by atoms with van der Waals surface area (Å²) in [6.07, 6.45) is 3.32. The molecule has 1 fully saturated rings. The Morgan fingerprint density at radius 2 is 2.21 bits per heavy atom. The van der Waals surface area contributed by atoms with Crippen LogP contribution in [0.2, 0.25) is 0 Å². The lowest BCUT2D eigenvalue weighted by molar-refractivity contribution is 0.0206. The third-order valence-corrected chi connectivity index (χ3v) is 4.60. The average molecular weight is 396 g/mol. The van der Waals surface area contributed by atoms with Crippen LogP contribution in [0, 0.1) is 11.3 Å². The molecular formula is C21H28N6O2. The van der Waals surface area contributed by atoms with Gasteiger partial charge in [0.25, 0.3) is 0 Å². The second-order valence-corrected chi connectivity index (χ2v) is 8.20. The van der Waals surface area contributed by atoms with Gasteiger partial charge in [-0.05, 0) is 52.7 Å². The van der Waals surface area contributed by atoms with E-state index in [-0.39, 0.29) is 12.1 Å². The van der Waals surface area contributed by atoms with Crippen molar-refractivity contribution in [3.05, 3.63) is 24.0 Å². The zero-order chi connectivity index (χ0) is 21.0. The van der Waals surface area contributed by atoms with Gasteiger partial charge in [-0.1, -0.05) is 0 Å². The fourth-order valence-electron chi connectivity index (χ4n) is 3.38. The van der Waals surface area contributed by atoms with Crippen LogP contribution in [0.3, 0.4) is 0 Å². The molecule has 0 spiro atoms. The summed E-state index contributed by atoms with van der Waals surface area (Å²) in [5.41, 5.74) is -0.147. The monoisotopic (exact) mass is 396 g/mol. The van der Waals surface area contributed by atoms with Crippen molar-refractivity contribution in [2.45, 2.75) is 52.2 Å². The zero-order valence-electron chi connectivity index (χ0n) is 17.5. The van der Waals surface area contributed by atoms with E-state index in [4.69, 9.17) is 4.74 Å². The second-order valence-electron chi connectivity index (χ2n) is 8.20. The Hall–Kier alpha value is -3.08. The van der Waals surface area contributed by atoms with Crippen LogP contribution in [-0.4, -0.2) is 52.2 Å². The highest BCUT2D eigenvalue weighted by atomic mass is 16.6. The average Bonchev–Trinajstić information content (AvgIpc) is 2.67. The molecule has 0 saturated carbocycles. The van der Waals surface area contributed by atoms with Gasteiger partial charge in [0.2, 0.25) is 0 Å². The van der Waals surface area contributed by atoms with Crippen molar-refractivity contribution in [1.29, 1.82) is 5.26 Å². The van der Waals surface area contributed by atoms with E-state index in [0.717, 1.165) is 29.4 Å². The Balaban J connectivity index is 1.76. The van der Waals surface area contributed by atoms with Crippen LogP contribution in [-0.2, 0) is 4.74 Å². The molecular weight excluding hydrogens is 368 g/mol. The molecule has 0 bridgehead atoms. The standard InChI is InChI=1S/C21H28N6O2/c1-5-23-19-17-10-18(24-12-14(17)9-16(11-22)26-19)25-15-7-6-8-27(13-15)20(28)29-21(2,3)4/h9-10,12,15H,5-8,13H2,1-4H3,(H,23,26)(H,24,25). The van der Waals surface area contributed by atoms with Gasteiger partial charge in [-0.15, -0.1) is 0 Å². The van der Waals surface area contributed by atoms with Crippen LogP contribution >= 0.6 is 0 Å². The minimum absolute atomic E-state index is 0.0927. The molecule has 29 heavy (non-hydrogen) atoms. The van der Waals surface area contributed by atoms with E-state index in [0.29, 0.717) is 31.1 Å². The van der Waals surface area contributed by atoms with E-state index >= 15 is 0 Å². The normalized spacial score (nSPS) is 16.9. The largest absolute Gasteiger partial charge is 0.444 e. The summed E-state index contributed by atoms with van der Waals surface area (Å²) in [6, 6.07) is 5.85. The number of nitriles is 1. The third-order valence-electron chi connectivity index (χ3n) is 4.60. The number of likely N-dealkylation sites (tertiary alicyclic amines) is 1. The minimum atomic E-state index is -0.505. The number of aromatic nitrogens is 2. The Morgan fingerprint density at radius 1 is 1.41 bits per heavy atom. The van der Waals surface area contributed by atoms with Crippen LogP contribution in [0.1, 0.15) is 46.2 Å². The number of piperidine rings is 1. The molecule has 1 atom stereocenters. The molecule has 2 N–H and O–H groups in total. The lowest BCUT2D eigenvalue weighted by Crippen LogP contribution is -2.47. The maximum atomic E-state index is 12.4. The fourth-order valence-corrected chi connectivity index (χ4v) is 3.38. The number of nitrogens with zero attached hydrogens (tertiary/aromatic N) is 4. The summed E-state index contributed by atoms with van der Waals surface area (Å²) in [5, 5.41) is 17.6. The molecule has 3 heterocycles. The fraction of sp³-hybridized carbons (Fsp3) is 0.524. The van der Waals surface area contributed by atoms with Gasteiger partial charge in [-0.25, -0.2) is 14.8 Å². The molecule has 8 nitrogen and oxygen atoms in total. The van der Waals surface area contributed by atoms with Gasteiger partial charge in [0.05, 0.1) is 0 Å². The maximum Gasteiger partial charge on any atom is 0.410 e. The molecule has 0 aliphatic carbocycles. The van der Waals surface area contributed by atoms with Crippen molar-refractivity contribution in [2.24, 2.45) is 0 Å². The summed E-state index contributed by atoms with van der Waals surface area (Å²) in [7, 11) is 0. The van der Waals surface area contributed by atoms with Crippen LogP contribution in [0.4, 0.5) is 16.4 Å². The molecule has 1 unspecified atom stereocenters. The molecule has 154 valence electrons. The van der Waals surface area contributed by atoms with Crippen LogP contribution < -0.4 is 10.6 Å². The molecule has 3 rings (SSSR count). The lowest BCUT2D eigenvalue weighted by Gasteiger charge is -2.34.